The molecule has 5 unspecified atom stereocenters. The topological polar surface area (TPSA) is 101 Å². The van der Waals surface area contributed by atoms with Gasteiger partial charge in [0.05, 0.1) is 0 Å². The second-order valence-electron chi connectivity index (χ2n) is 10.4. The van der Waals surface area contributed by atoms with Crippen LogP contribution in [0.5, 0.6) is 0 Å². The number of rotatable bonds is 6. The minimum Gasteiger partial charge on any atom is -0.398 e. The number of nitrogens with zero attached hydrogens (tertiary/aromatic N) is 1. The average molecular weight is 445 g/mol. The number of hydrogen-bond acceptors (Lipinski definition) is 5. The molecule has 0 aromatic heterocycles. The Labute approximate surface area is 190 Å². The van der Waals surface area contributed by atoms with Crippen molar-refractivity contribution in [3.8, 4) is 0 Å². The van der Waals surface area contributed by atoms with Gasteiger partial charge in [0, 0.05) is 22.0 Å². The van der Waals surface area contributed by atoms with Crippen molar-refractivity contribution in [2.24, 2.45) is 28.9 Å². The molecule has 2 bridgehead atoms. The Kier molecular flexibility index (Phi) is 6.03. The second kappa shape index (κ2) is 8.32. The smallest absolute Gasteiger partial charge is 0.241 e. The first-order valence-electron chi connectivity index (χ1n) is 11.5. The van der Waals surface area contributed by atoms with Crippen LogP contribution in [-0.2, 0) is 9.59 Å². The molecule has 2 amide bonds. The molecule has 0 heterocycles. The number of anilines is 1. The molecule has 4 rings (SSSR count). The van der Waals surface area contributed by atoms with Gasteiger partial charge in [-0.3, -0.25) is 9.59 Å². The van der Waals surface area contributed by atoms with Gasteiger partial charge in [-0.05, 0) is 93.8 Å². The fourth-order valence-corrected chi connectivity index (χ4v) is 7.27. The summed E-state index contributed by atoms with van der Waals surface area (Å²) < 4.78 is 2.10. The van der Waals surface area contributed by atoms with E-state index in [0.717, 1.165) is 55.5 Å². The van der Waals surface area contributed by atoms with Crippen LogP contribution in [0, 0.1) is 23.2 Å². The van der Waals surface area contributed by atoms with Crippen LogP contribution >= 0.6 is 11.9 Å². The highest BCUT2D eigenvalue weighted by molar-refractivity contribution is 7.97. The minimum absolute atomic E-state index is 0.0976. The molecule has 0 spiro atoms. The molecular formula is C24H36N4O2S. The van der Waals surface area contributed by atoms with Gasteiger partial charge in [0.25, 0.3) is 0 Å². The number of para-hydroxylation sites is 1. The summed E-state index contributed by atoms with van der Waals surface area (Å²) in [5, 5.41) is 3.45. The maximum atomic E-state index is 13.6. The summed E-state index contributed by atoms with van der Waals surface area (Å²) in [6.45, 7) is 4.25. The van der Waals surface area contributed by atoms with Crippen molar-refractivity contribution < 1.29 is 9.59 Å². The molecular weight excluding hydrogens is 408 g/mol. The summed E-state index contributed by atoms with van der Waals surface area (Å²) in [4.78, 5) is 26.8. The molecule has 170 valence electrons. The average Bonchev–Trinajstić information content (AvgIpc) is 2.65. The van der Waals surface area contributed by atoms with Crippen LogP contribution in [0.3, 0.4) is 0 Å². The number of nitrogens with one attached hydrogen (secondary N) is 1. The van der Waals surface area contributed by atoms with Gasteiger partial charge in [-0.2, -0.15) is 0 Å². The lowest BCUT2D eigenvalue weighted by molar-refractivity contribution is -0.138. The van der Waals surface area contributed by atoms with Gasteiger partial charge in [-0.1, -0.05) is 26.0 Å². The Morgan fingerprint density at radius 1 is 1.19 bits per heavy atom. The van der Waals surface area contributed by atoms with E-state index in [-0.39, 0.29) is 17.9 Å². The van der Waals surface area contributed by atoms with Crippen LogP contribution in [0.2, 0.25) is 0 Å². The van der Waals surface area contributed by atoms with Crippen molar-refractivity contribution in [2.45, 2.75) is 75.3 Å². The Hall–Kier alpha value is -1.73. The number of amides is 2. The zero-order valence-electron chi connectivity index (χ0n) is 18.9. The van der Waals surface area contributed by atoms with Crippen LogP contribution < -0.4 is 16.8 Å². The largest absolute Gasteiger partial charge is 0.398 e. The fraction of sp³-hybridized carbons (Fsp3) is 0.667. The molecule has 3 saturated carbocycles. The molecule has 31 heavy (non-hydrogen) atoms. The van der Waals surface area contributed by atoms with E-state index >= 15 is 0 Å². The summed E-state index contributed by atoms with van der Waals surface area (Å²) in [5.41, 5.74) is 11.7. The lowest BCUT2D eigenvalue weighted by Gasteiger charge is -2.52. The standard InChI is InChI=1S/C24H36N4O2S/c1-15-11-16-12-17(14-23(2,13-16)21(26)29)20(15)27-22(30)24(9-6-10-24)28(3)31-19-8-5-4-7-18(19)25/h4-5,7-8,15-17,20H,6,9-14,25H2,1-3H3,(H2,26,29)(H,27,30). The SMILES string of the molecule is CC1CC2CC(CC(C)(C(N)=O)C2)C1NC(=O)C1(N(C)Sc2ccccc2N)CCC1. The Bertz CT molecular complexity index is 856. The number of primary amides is 1. The van der Waals surface area contributed by atoms with Gasteiger partial charge in [-0.25, -0.2) is 4.31 Å². The third kappa shape index (κ3) is 4.07. The summed E-state index contributed by atoms with van der Waals surface area (Å²) in [7, 11) is 2.00. The Balaban J connectivity index is 1.49. The van der Waals surface area contributed by atoms with E-state index in [4.69, 9.17) is 11.5 Å². The van der Waals surface area contributed by atoms with Crippen molar-refractivity contribution in [1.82, 2.24) is 9.62 Å². The molecule has 1 aromatic carbocycles. The zero-order chi connectivity index (χ0) is 22.4. The van der Waals surface area contributed by atoms with E-state index in [0.29, 0.717) is 17.8 Å². The van der Waals surface area contributed by atoms with Crippen LogP contribution in [0.1, 0.15) is 58.8 Å². The van der Waals surface area contributed by atoms with E-state index in [9.17, 15) is 9.59 Å². The lowest BCUT2D eigenvalue weighted by atomic mass is 9.57. The van der Waals surface area contributed by atoms with Crippen molar-refractivity contribution in [3.63, 3.8) is 0 Å². The molecule has 0 aliphatic heterocycles. The maximum Gasteiger partial charge on any atom is 0.241 e. The van der Waals surface area contributed by atoms with Gasteiger partial charge < -0.3 is 16.8 Å². The first kappa shape index (κ1) is 22.5. The molecule has 0 radical (unpaired) electrons. The van der Waals surface area contributed by atoms with Crippen LogP contribution in [0.4, 0.5) is 5.69 Å². The van der Waals surface area contributed by atoms with Crippen molar-refractivity contribution in [3.05, 3.63) is 24.3 Å². The van der Waals surface area contributed by atoms with Gasteiger partial charge in [0.2, 0.25) is 11.8 Å². The van der Waals surface area contributed by atoms with Crippen LogP contribution in [-0.4, -0.2) is 34.7 Å². The molecule has 0 saturated heterocycles. The van der Waals surface area contributed by atoms with E-state index in [1.165, 1.54) is 0 Å². The maximum absolute atomic E-state index is 13.6. The molecule has 5 N–H and O–H groups in total. The van der Waals surface area contributed by atoms with E-state index in [2.05, 4.69) is 16.5 Å². The first-order chi connectivity index (χ1) is 14.6. The third-order valence-corrected chi connectivity index (χ3v) is 9.36. The second-order valence-corrected chi connectivity index (χ2v) is 11.6. The predicted octanol–water partition coefficient (Wildman–Crippen LogP) is 3.56. The van der Waals surface area contributed by atoms with Crippen molar-refractivity contribution in [1.29, 1.82) is 0 Å². The summed E-state index contributed by atoms with van der Waals surface area (Å²) in [6, 6.07) is 7.88. The molecule has 1 aromatic rings. The highest BCUT2D eigenvalue weighted by atomic mass is 32.2. The molecule has 3 fully saturated rings. The van der Waals surface area contributed by atoms with Gasteiger partial charge >= 0.3 is 0 Å². The van der Waals surface area contributed by atoms with Gasteiger partial charge in [-0.15, -0.1) is 0 Å². The predicted molar refractivity (Wildman–Crippen MR) is 125 cm³/mol. The van der Waals surface area contributed by atoms with Gasteiger partial charge in [0.15, 0.2) is 0 Å². The Morgan fingerprint density at radius 3 is 2.52 bits per heavy atom. The monoisotopic (exact) mass is 444 g/mol. The van der Waals surface area contributed by atoms with Crippen LogP contribution in [0.15, 0.2) is 29.2 Å². The molecule has 3 aliphatic carbocycles. The van der Waals surface area contributed by atoms with Crippen molar-refractivity contribution >= 4 is 29.4 Å². The normalized spacial score (nSPS) is 34.1. The van der Waals surface area contributed by atoms with E-state index in [1.807, 2.05) is 38.2 Å². The first-order valence-corrected chi connectivity index (χ1v) is 12.3. The molecule has 7 heteroatoms. The number of carbonyl (C=O) groups is 2. The number of benzene rings is 1. The number of fused-ring (bicyclic) bond motifs is 2. The van der Waals surface area contributed by atoms with E-state index < -0.39 is 11.0 Å². The Morgan fingerprint density at radius 2 is 1.90 bits per heavy atom. The highest BCUT2D eigenvalue weighted by Crippen LogP contribution is 2.51. The summed E-state index contributed by atoms with van der Waals surface area (Å²) >= 11 is 1.55. The van der Waals surface area contributed by atoms with Crippen molar-refractivity contribution in [2.75, 3.05) is 12.8 Å². The highest BCUT2D eigenvalue weighted by Gasteiger charge is 2.52. The summed E-state index contributed by atoms with van der Waals surface area (Å²) in [5.74, 6) is 1.16. The third-order valence-electron chi connectivity index (χ3n) is 8.17. The molecule has 5 atom stereocenters. The fourth-order valence-electron chi connectivity index (χ4n) is 6.23. The lowest BCUT2D eigenvalue weighted by Crippen LogP contribution is -2.64. The van der Waals surface area contributed by atoms with Gasteiger partial charge in [0.1, 0.15) is 5.54 Å². The summed E-state index contributed by atoms with van der Waals surface area (Å²) in [6.07, 6.45) is 6.52. The number of hydrogen-bond donors (Lipinski definition) is 3. The number of carbonyl (C=O) groups excluding carboxylic acids is 2. The van der Waals surface area contributed by atoms with E-state index in [1.54, 1.807) is 11.9 Å². The molecule has 6 nitrogen and oxygen atoms in total. The quantitative estimate of drug-likeness (QED) is 0.460. The zero-order valence-corrected chi connectivity index (χ0v) is 19.7. The number of likely N-dealkylation sites (N-methyl/N-ethyl adjacent to an activating group) is 1. The number of nitrogen functional groups attached to an aromatic ring is 1. The minimum atomic E-state index is -0.509. The van der Waals surface area contributed by atoms with Crippen LogP contribution in [0.25, 0.3) is 0 Å². The molecule has 3 aliphatic rings. The number of nitrogens with two attached hydrogens (primary N) is 2.